The molecule has 0 spiro atoms. The van der Waals surface area contributed by atoms with Crippen molar-refractivity contribution < 1.29 is 4.79 Å². The Morgan fingerprint density at radius 2 is 2.00 bits per heavy atom. The number of amides is 1. The lowest BCUT2D eigenvalue weighted by Gasteiger charge is -2.09. The van der Waals surface area contributed by atoms with E-state index >= 15 is 0 Å². The van der Waals surface area contributed by atoms with Gasteiger partial charge in [-0.1, -0.05) is 23.7 Å². The van der Waals surface area contributed by atoms with Crippen molar-refractivity contribution in [3.63, 3.8) is 0 Å². The SMILES string of the molecule is O=C(Cn1nc(-n2cccn2)ccc1=O)Nc1ccccc1Cl. The number of rotatable bonds is 4. The summed E-state index contributed by atoms with van der Waals surface area (Å²) >= 11 is 5.98. The van der Waals surface area contributed by atoms with Crippen molar-refractivity contribution in [3.05, 3.63) is 70.2 Å². The molecule has 0 aliphatic carbocycles. The highest BCUT2D eigenvalue weighted by Gasteiger charge is 2.09. The Kier molecular flexibility index (Phi) is 4.20. The summed E-state index contributed by atoms with van der Waals surface area (Å²) in [6, 6.07) is 11.5. The molecule has 0 saturated carbocycles. The van der Waals surface area contributed by atoms with E-state index in [1.54, 1.807) is 42.7 Å². The second-order valence-corrected chi connectivity index (χ2v) is 5.07. The number of carbonyl (C=O) groups excluding carboxylic acids is 1. The topological polar surface area (TPSA) is 81.8 Å². The quantitative estimate of drug-likeness (QED) is 0.790. The van der Waals surface area contributed by atoms with Crippen molar-refractivity contribution in [2.75, 3.05) is 5.32 Å². The lowest BCUT2D eigenvalue weighted by Crippen LogP contribution is -2.30. The van der Waals surface area contributed by atoms with Crippen molar-refractivity contribution in [2.45, 2.75) is 6.54 Å². The Morgan fingerprint density at radius 1 is 1.17 bits per heavy atom. The lowest BCUT2D eigenvalue weighted by molar-refractivity contribution is -0.117. The summed E-state index contributed by atoms with van der Waals surface area (Å²) in [5.74, 6) is 0.0467. The molecule has 0 fully saturated rings. The standard InChI is InChI=1S/C15H12ClN5O2/c16-11-4-1-2-5-12(11)18-14(22)10-21-15(23)7-6-13(19-21)20-9-3-8-17-20/h1-9H,10H2,(H,18,22). The zero-order valence-corrected chi connectivity index (χ0v) is 12.6. The highest BCUT2D eigenvalue weighted by atomic mass is 35.5. The highest BCUT2D eigenvalue weighted by molar-refractivity contribution is 6.33. The van der Waals surface area contributed by atoms with E-state index in [9.17, 15) is 9.59 Å². The normalized spacial score (nSPS) is 10.5. The first-order valence-electron chi connectivity index (χ1n) is 6.76. The summed E-state index contributed by atoms with van der Waals surface area (Å²) in [6.45, 7) is -0.223. The number of aromatic nitrogens is 4. The summed E-state index contributed by atoms with van der Waals surface area (Å²) in [7, 11) is 0. The van der Waals surface area contributed by atoms with Crippen LogP contribution in [0, 0.1) is 0 Å². The second-order valence-electron chi connectivity index (χ2n) is 4.67. The summed E-state index contributed by atoms with van der Waals surface area (Å²) in [6.07, 6.45) is 3.29. The van der Waals surface area contributed by atoms with Gasteiger partial charge in [-0.25, -0.2) is 9.36 Å². The van der Waals surface area contributed by atoms with E-state index in [-0.39, 0.29) is 12.1 Å². The van der Waals surface area contributed by atoms with E-state index in [0.717, 1.165) is 4.68 Å². The largest absolute Gasteiger partial charge is 0.323 e. The molecule has 0 saturated heterocycles. The van der Waals surface area contributed by atoms with Crippen molar-refractivity contribution in [1.82, 2.24) is 19.6 Å². The van der Waals surface area contributed by atoms with Gasteiger partial charge < -0.3 is 5.32 Å². The van der Waals surface area contributed by atoms with Crippen molar-refractivity contribution >= 4 is 23.2 Å². The minimum Gasteiger partial charge on any atom is -0.323 e. The van der Waals surface area contributed by atoms with Gasteiger partial charge in [0.05, 0.1) is 10.7 Å². The molecule has 0 radical (unpaired) electrons. The van der Waals surface area contributed by atoms with Crippen molar-refractivity contribution in [3.8, 4) is 5.82 Å². The van der Waals surface area contributed by atoms with E-state index in [4.69, 9.17) is 11.6 Å². The fraction of sp³-hybridized carbons (Fsp3) is 0.0667. The number of para-hydroxylation sites is 1. The van der Waals surface area contributed by atoms with Crippen LogP contribution in [-0.4, -0.2) is 25.5 Å². The van der Waals surface area contributed by atoms with Crippen LogP contribution >= 0.6 is 11.6 Å². The van der Waals surface area contributed by atoms with Crippen LogP contribution in [0.3, 0.4) is 0 Å². The molecule has 0 aliphatic rings. The van der Waals surface area contributed by atoms with E-state index in [1.165, 1.54) is 16.8 Å². The maximum atomic E-state index is 12.1. The zero-order valence-electron chi connectivity index (χ0n) is 11.9. The number of nitrogens with one attached hydrogen (secondary N) is 1. The molecule has 1 aromatic carbocycles. The summed E-state index contributed by atoms with van der Waals surface area (Å²) in [5.41, 5.74) is 0.102. The lowest BCUT2D eigenvalue weighted by atomic mass is 10.3. The number of nitrogens with zero attached hydrogens (tertiary/aromatic N) is 4. The molecule has 1 amide bonds. The van der Waals surface area contributed by atoms with Gasteiger partial charge in [-0.2, -0.15) is 5.10 Å². The van der Waals surface area contributed by atoms with E-state index in [1.807, 2.05) is 0 Å². The Balaban J connectivity index is 1.80. The van der Waals surface area contributed by atoms with Crippen molar-refractivity contribution in [2.24, 2.45) is 0 Å². The maximum absolute atomic E-state index is 12.1. The van der Waals surface area contributed by atoms with Gasteiger partial charge in [0.15, 0.2) is 5.82 Å². The number of halogens is 1. The second kappa shape index (κ2) is 6.45. The molecule has 23 heavy (non-hydrogen) atoms. The third-order valence-electron chi connectivity index (χ3n) is 3.03. The minimum absolute atomic E-state index is 0.223. The molecule has 116 valence electrons. The number of carbonyl (C=O) groups is 1. The van der Waals surface area contributed by atoms with Gasteiger partial charge in [0, 0.05) is 18.5 Å². The molecule has 1 N–H and O–H groups in total. The third-order valence-corrected chi connectivity index (χ3v) is 3.36. The van der Waals surface area contributed by atoms with Gasteiger partial charge in [-0.15, -0.1) is 5.10 Å². The first kappa shape index (κ1) is 15.0. The molecule has 0 bridgehead atoms. The molecule has 3 rings (SSSR count). The first-order chi connectivity index (χ1) is 11.1. The Hall–Kier alpha value is -2.93. The fourth-order valence-electron chi connectivity index (χ4n) is 1.97. The summed E-state index contributed by atoms with van der Waals surface area (Å²) < 4.78 is 2.57. The predicted octanol–water partition coefficient (Wildman–Crippen LogP) is 1.72. The molecule has 8 heteroatoms. The van der Waals surface area contributed by atoms with Crippen LogP contribution in [-0.2, 0) is 11.3 Å². The third kappa shape index (κ3) is 3.46. The number of hydrogen-bond donors (Lipinski definition) is 1. The minimum atomic E-state index is -0.398. The molecule has 3 aromatic rings. The Bertz CT molecular complexity index is 889. The van der Waals surface area contributed by atoms with Crippen LogP contribution in [0.2, 0.25) is 5.02 Å². The predicted molar refractivity (Wildman–Crippen MR) is 85.7 cm³/mol. The first-order valence-corrected chi connectivity index (χ1v) is 7.14. The number of anilines is 1. The van der Waals surface area contributed by atoms with Gasteiger partial charge in [-0.3, -0.25) is 9.59 Å². The molecule has 2 aromatic heterocycles. The molecular weight excluding hydrogens is 318 g/mol. The monoisotopic (exact) mass is 329 g/mol. The average molecular weight is 330 g/mol. The van der Waals surface area contributed by atoms with Gasteiger partial charge in [0.25, 0.3) is 5.56 Å². The van der Waals surface area contributed by atoms with Crippen LogP contribution in [0.25, 0.3) is 5.82 Å². The van der Waals surface area contributed by atoms with Gasteiger partial charge in [0.1, 0.15) is 6.54 Å². The Labute approximate surface area is 136 Å². The van der Waals surface area contributed by atoms with E-state index < -0.39 is 5.91 Å². The number of hydrogen-bond acceptors (Lipinski definition) is 4. The molecular formula is C15H12ClN5O2. The smallest absolute Gasteiger partial charge is 0.267 e. The maximum Gasteiger partial charge on any atom is 0.267 e. The van der Waals surface area contributed by atoms with Crippen LogP contribution in [0.15, 0.2) is 59.7 Å². The van der Waals surface area contributed by atoms with Gasteiger partial charge in [-0.05, 0) is 24.3 Å². The zero-order chi connectivity index (χ0) is 16.2. The molecule has 0 atom stereocenters. The van der Waals surface area contributed by atoms with Gasteiger partial charge >= 0.3 is 0 Å². The van der Waals surface area contributed by atoms with Crippen LogP contribution < -0.4 is 10.9 Å². The highest BCUT2D eigenvalue weighted by Crippen LogP contribution is 2.20. The molecule has 0 unspecified atom stereocenters. The molecule has 0 aliphatic heterocycles. The average Bonchev–Trinajstić information content (AvgIpc) is 3.06. The Morgan fingerprint density at radius 3 is 2.74 bits per heavy atom. The van der Waals surface area contributed by atoms with Crippen molar-refractivity contribution in [1.29, 1.82) is 0 Å². The van der Waals surface area contributed by atoms with Crippen LogP contribution in [0.4, 0.5) is 5.69 Å². The molecule has 2 heterocycles. The summed E-state index contributed by atoms with van der Waals surface area (Å²) in [5, 5.41) is 11.2. The molecule has 7 nitrogen and oxygen atoms in total. The van der Waals surface area contributed by atoms with Crippen LogP contribution in [0.5, 0.6) is 0 Å². The number of benzene rings is 1. The fourth-order valence-corrected chi connectivity index (χ4v) is 2.15. The van der Waals surface area contributed by atoms with E-state index in [0.29, 0.717) is 16.5 Å². The van der Waals surface area contributed by atoms with Crippen LogP contribution in [0.1, 0.15) is 0 Å². The van der Waals surface area contributed by atoms with Gasteiger partial charge in [0.2, 0.25) is 5.91 Å². The summed E-state index contributed by atoms with van der Waals surface area (Å²) in [4.78, 5) is 24.0. The van der Waals surface area contributed by atoms with E-state index in [2.05, 4.69) is 15.5 Å².